The van der Waals surface area contributed by atoms with Crippen LogP contribution in [0.1, 0.15) is 49.1 Å². The van der Waals surface area contributed by atoms with Gasteiger partial charge in [-0.3, -0.25) is 0 Å². The minimum Gasteiger partial charge on any atom is -0.495 e. The molecule has 0 atom stereocenters. The first-order chi connectivity index (χ1) is 15.4. The van der Waals surface area contributed by atoms with E-state index in [9.17, 15) is 13.2 Å². The molecule has 32 heavy (non-hydrogen) atoms. The van der Waals surface area contributed by atoms with E-state index in [1.165, 1.54) is 44.8 Å². The van der Waals surface area contributed by atoms with Crippen molar-refractivity contribution in [2.45, 2.75) is 44.2 Å². The fourth-order valence-corrected chi connectivity index (χ4v) is 4.02. The van der Waals surface area contributed by atoms with Gasteiger partial charge in [0.05, 0.1) is 12.8 Å². The zero-order valence-electron chi connectivity index (χ0n) is 17.7. The molecule has 2 N–H and O–H groups in total. The monoisotopic (exact) mass is 442 g/mol. The van der Waals surface area contributed by atoms with E-state index in [1.807, 2.05) is 12.1 Å². The summed E-state index contributed by atoms with van der Waals surface area (Å²) < 4.78 is 45.9. The van der Waals surface area contributed by atoms with E-state index in [2.05, 4.69) is 32.7 Å². The highest BCUT2D eigenvalue weighted by atomic mass is 19.4. The van der Waals surface area contributed by atoms with Gasteiger partial charge in [0, 0.05) is 11.9 Å². The molecule has 1 saturated carbocycles. The van der Waals surface area contributed by atoms with Crippen molar-refractivity contribution in [3.8, 4) is 5.75 Å². The first kappa shape index (κ1) is 21.9. The van der Waals surface area contributed by atoms with Crippen LogP contribution < -0.4 is 15.4 Å². The molecule has 1 aromatic heterocycles. The quantitative estimate of drug-likeness (QED) is 0.429. The predicted molar refractivity (Wildman–Crippen MR) is 119 cm³/mol. The van der Waals surface area contributed by atoms with Crippen molar-refractivity contribution in [2.24, 2.45) is 0 Å². The molecule has 2 aromatic carbocycles. The molecule has 4 rings (SSSR count). The van der Waals surface area contributed by atoms with E-state index in [0.29, 0.717) is 23.0 Å². The van der Waals surface area contributed by atoms with Gasteiger partial charge in [-0.15, -0.1) is 0 Å². The molecule has 1 fully saturated rings. The third-order valence-corrected chi connectivity index (χ3v) is 5.70. The molecule has 0 radical (unpaired) electrons. The average molecular weight is 442 g/mol. The van der Waals surface area contributed by atoms with Crippen LogP contribution in [0.4, 0.5) is 36.3 Å². The van der Waals surface area contributed by atoms with Crippen molar-refractivity contribution in [1.29, 1.82) is 0 Å². The van der Waals surface area contributed by atoms with Crippen molar-refractivity contribution < 1.29 is 17.9 Å². The fourth-order valence-electron chi connectivity index (χ4n) is 4.02. The summed E-state index contributed by atoms with van der Waals surface area (Å²) in [5.41, 5.74) is 1.43. The molecule has 1 heterocycles. The van der Waals surface area contributed by atoms with Crippen LogP contribution in [0.25, 0.3) is 0 Å². The number of hydrogen-bond donors (Lipinski definition) is 2. The zero-order chi connectivity index (χ0) is 22.6. The SMILES string of the molecule is COc1ccccc1Nc1nc(Nc2ccc(C3CCCCC3)cc2)ncc1C(F)(F)F. The molecule has 0 amide bonds. The molecule has 1 aliphatic rings. The van der Waals surface area contributed by atoms with Crippen molar-refractivity contribution in [1.82, 2.24) is 9.97 Å². The highest BCUT2D eigenvalue weighted by Crippen LogP contribution is 2.37. The third-order valence-electron chi connectivity index (χ3n) is 5.70. The number of rotatable bonds is 6. The van der Waals surface area contributed by atoms with Crippen LogP contribution in [0, 0.1) is 0 Å². The topological polar surface area (TPSA) is 59.1 Å². The van der Waals surface area contributed by atoms with Crippen molar-refractivity contribution in [3.63, 3.8) is 0 Å². The lowest BCUT2D eigenvalue weighted by Crippen LogP contribution is -2.13. The standard InChI is InChI=1S/C24H25F3N4O/c1-32-21-10-6-5-9-20(21)30-22-19(24(25,26)27)15-28-23(31-22)29-18-13-11-17(12-14-18)16-7-3-2-4-8-16/h5-6,9-16H,2-4,7-8H2,1H3,(H2,28,29,30,31). The first-order valence-corrected chi connectivity index (χ1v) is 10.7. The van der Waals surface area contributed by atoms with E-state index in [4.69, 9.17) is 4.74 Å². The Hall–Kier alpha value is -3.29. The second-order valence-corrected chi connectivity index (χ2v) is 7.86. The number of alkyl halides is 3. The summed E-state index contributed by atoms with van der Waals surface area (Å²) in [5.74, 6) is 0.711. The number of aromatic nitrogens is 2. The molecule has 0 saturated heterocycles. The summed E-state index contributed by atoms with van der Waals surface area (Å²) in [6, 6.07) is 14.7. The molecule has 1 aliphatic carbocycles. The molecule has 0 spiro atoms. The number of anilines is 4. The Labute approximate surface area is 185 Å². The molecule has 8 heteroatoms. The number of hydrogen-bond acceptors (Lipinski definition) is 5. The summed E-state index contributed by atoms with van der Waals surface area (Å²) in [5, 5.41) is 5.75. The lowest BCUT2D eigenvalue weighted by Gasteiger charge is -2.22. The number of halogens is 3. The number of benzene rings is 2. The molecule has 3 aromatic rings. The van der Waals surface area contributed by atoms with Crippen LogP contribution in [-0.2, 0) is 6.18 Å². The van der Waals surface area contributed by atoms with Crippen molar-refractivity contribution in [3.05, 3.63) is 65.9 Å². The van der Waals surface area contributed by atoms with E-state index < -0.39 is 11.7 Å². The van der Waals surface area contributed by atoms with Crippen LogP contribution >= 0.6 is 0 Å². The Morgan fingerprint density at radius 1 is 0.938 bits per heavy atom. The molecule has 0 unspecified atom stereocenters. The lowest BCUT2D eigenvalue weighted by atomic mass is 9.84. The van der Waals surface area contributed by atoms with Crippen LogP contribution in [0.3, 0.4) is 0 Å². The Morgan fingerprint density at radius 3 is 2.34 bits per heavy atom. The predicted octanol–water partition coefficient (Wildman–Crippen LogP) is 7.04. The van der Waals surface area contributed by atoms with Gasteiger partial charge in [0.15, 0.2) is 0 Å². The normalized spacial score (nSPS) is 14.8. The summed E-state index contributed by atoms with van der Waals surface area (Å²) >= 11 is 0. The number of nitrogens with zero attached hydrogens (tertiary/aromatic N) is 2. The van der Waals surface area contributed by atoms with E-state index in [-0.39, 0.29) is 11.8 Å². The second-order valence-electron chi connectivity index (χ2n) is 7.86. The number of para-hydroxylation sites is 2. The van der Waals surface area contributed by atoms with Crippen LogP contribution in [0.15, 0.2) is 54.7 Å². The van der Waals surface area contributed by atoms with Crippen LogP contribution in [0.5, 0.6) is 5.75 Å². The van der Waals surface area contributed by atoms with Crippen molar-refractivity contribution in [2.75, 3.05) is 17.7 Å². The van der Waals surface area contributed by atoms with Gasteiger partial charge in [-0.1, -0.05) is 43.5 Å². The molecular weight excluding hydrogens is 417 g/mol. The number of nitrogens with one attached hydrogen (secondary N) is 2. The van der Waals surface area contributed by atoms with E-state index >= 15 is 0 Å². The van der Waals surface area contributed by atoms with Crippen LogP contribution in [0.2, 0.25) is 0 Å². The Kier molecular flexibility index (Phi) is 6.48. The molecule has 5 nitrogen and oxygen atoms in total. The zero-order valence-corrected chi connectivity index (χ0v) is 17.7. The summed E-state index contributed by atoms with van der Waals surface area (Å²) in [7, 11) is 1.45. The third kappa shape index (κ3) is 5.12. The maximum Gasteiger partial charge on any atom is 0.421 e. The Bertz CT molecular complexity index is 1050. The average Bonchev–Trinajstić information content (AvgIpc) is 2.80. The summed E-state index contributed by atoms with van der Waals surface area (Å²) in [4.78, 5) is 7.99. The van der Waals surface area contributed by atoms with Crippen molar-refractivity contribution >= 4 is 23.1 Å². The Balaban J connectivity index is 1.57. The maximum absolute atomic E-state index is 13.5. The van der Waals surface area contributed by atoms with E-state index in [1.54, 1.807) is 24.3 Å². The van der Waals surface area contributed by atoms with Crippen LogP contribution in [-0.4, -0.2) is 17.1 Å². The van der Waals surface area contributed by atoms with Gasteiger partial charge in [0.1, 0.15) is 17.1 Å². The molecule has 0 aliphatic heterocycles. The minimum atomic E-state index is -4.61. The van der Waals surface area contributed by atoms with Gasteiger partial charge < -0.3 is 15.4 Å². The highest BCUT2D eigenvalue weighted by Gasteiger charge is 2.35. The lowest BCUT2D eigenvalue weighted by molar-refractivity contribution is -0.137. The smallest absolute Gasteiger partial charge is 0.421 e. The van der Waals surface area contributed by atoms with Gasteiger partial charge >= 0.3 is 6.18 Å². The highest BCUT2D eigenvalue weighted by molar-refractivity contribution is 5.67. The summed E-state index contributed by atoms with van der Waals surface area (Å²) in [6.07, 6.45) is 2.39. The molecule has 0 bridgehead atoms. The van der Waals surface area contributed by atoms with Gasteiger partial charge in [0.25, 0.3) is 0 Å². The first-order valence-electron chi connectivity index (χ1n) is 10.7. The number of ether oxygens (including phenoxy) is 1. The van der Waals surface area contributed by atoms with E-state index in [0.717, 1.165) is 6.20 Å². The van der Waals surface area contributed by atoms with Gasteiger partial charge in [-0.05, 0) is 48.6 Å². The van der Waals surface area contributed by atoms with Gasteiger partial charge in [-0.2, -0.15) is 18.2 Å². The largest absolute Gasteiger partial charge is 0.495 e. The second kappa shape index (κ2) is 9.46. The van der Waals surface area contributed by atoms with Gasteiger partial charge in [0.2, 0.25) is 5.95 Å². The Morgan fingerprint density at radius 2 is 1.66 bits per heavy atom. The van der Waals surface area contributed by atoms with Gasteiger partial charge in [-0.25, -0.2) is 4.98 Å². The summed E-state index contributed by atoms with van der Waals surface area (Å²) in [6.45, 7) is 0. The fraction of sp³-hybridized carbons (Fsp3) is 0.333. The molecular formula is C24H25F3N4O. The maximum atomic E-state index is 13.5. The molecule has 168 valence electrons. The number of methoxy groups -OCH3 is 1. The minimum absolute atomic E-state index is 0.0702.